The Hall–Kier alpha value is -1.51. The van der Waals surface area contributed by atoms with Crippen molar-refractivity contribution >= 4 is 28.4 Å². The van der Waals surface area contributed by atoms with Gasteiger partial charge in [0.25, 0.3) is 0 Å². The van der Waals surface area contributed by atoms with Crippen LogP contribution in [0.5, 0.6) is 5.75 Å². The molecule has 0 aliphatic heterocycles. The van der Waals surface area contributed by atoms with Crippen LogP contribution in [0.2, 0.25) is 0 Å². The first kappa shape index (κ1) is 13.9. The van der Waals surface area contributed by atoms with Crippen LogP contribution in [0, 0.1) is 10.5 Å². The minimum absolute atomic E-state index is 0.0916. The van der Waals surface area contributed by atoms with Gasteiger partial charge in [0.15, 0.2) is 5.82 Å². The molecule has 7 heteroatoms. The lowest BCUT2D eigenvalue weighted by Gasteiger charge is -2.07. The van der Waals surface area contributed by atoms with Crippen LogP contribution in [0.15, 0.2) is 24.3 Å². The monoisotopic (exact) mass is 377 g/mol. The Morgan fingerprint density at radius 1 is 1.21 bits per heavy atom. The molecule has 0 spiro atoms. The number of alkyl halides is 2. The number of aromatic nitrogens is 2. The summed E-state index contributed by atoms with van der Waals surface area (Å²) in [7, 11) is 0. The zero-order valence-electron chi connectivity index (χ0n) is 9.90. The second kappa shape index (κ2) is 5.64. The van der Waals surface area contributed by atoms with Crippen molar-refractivity contribution in [1.82, 2.24) is 9.97 Å². The van der Waals surface area contributed by atoms with E-state index in [1.54, 1.807) is 12.1 Å². The van der Waals surface area contributed by atoms with E-state index in [0.717, 1.165) is 9.26 Å². The van der Waals surface area contributed by atoms with Crippen molar-refractivity contribution in [1.29, 1.82) is 0 Å². The van der Waals surface area contributed by atoms with E-state index < -0.39 is 6.61 Å². The quantitative estimate of drug-likeness (QED) is 0.835. The van der Waals surface area contributed by atoms with E-state index in [-0.39, 0.29) is 5.75 Å². The fraction of sp³-hybridized carbons (Fsp3) is 0.167. The highest BCUT2D eigenvalue weighted by atomic mass is 127. The summed E-state index contributed by atoms with van der Waals surface area (Å²) in [5.74, 6) is 0.948. The largest absolute Gasteiger partial charge is 0.435 e. The lowest BCUT2D eigenvalue weighted by atomic mass is 10.2. The van der Waals surface area contributed by atoms with E-state index in [0.29, 0.717) is 17.2 Å². The van der Waals surface area contributed by atoms with Gasteiger partial charge in [-0.05, 0) is 53.8 Å². The number of anilines is 1. The van der Waals surface area contributed by atoms with Crippen LogP contribution < -0.4 is 10.5 Å². The highest BCUT2D eigenvalue weighted by Crippen LogP contribution is 2.24. The predicted molar refractivity (Wildman–Crippen MR) is 76.0 cm³/mol. The maximum absolute atomic E-state index is 12.0. The minimum atomic E-state index is -2.83. The third-order valence-corrected chi connectivity index (χ3v) is 3.71. The molecule has 1 heterocycles. The number of halogens is 3. The number of aryl methyl sites for hydroxylation is 1. The Morgan fingerprint density at radius 2 is 1.84 bits per heavy atom. The van der Waals surface area contributed by atoms with Gasteiger partial charge in [-0.2, -0.15) is 8.78 Å². The molecule has 0 saturated heterocycles. The molecule has 0 saturated carbocycles. The van der Waals surface area contributed by atoms with E-state index in [9.17, 15) is 8.78 Å². The van der Waals surface area contributed by atoms with Crippen LogP contribution >= 0.6 is 22.6 Å². The van der Waals surface area contributed by atoms with Gasteiger partial charge in [0.2, 0.25) is 0 Å². The van der Waals surface area contributed by atoms with Gasteiger partial charge < -0.3 is 10.5 Å². The van der Waals surface area contributed by atoms with E-state index >= 15 is 0 Å². The molecule has 0 fully saturated rings. The number of benzene rings is 1. The van der Waals surface area contributed by atoms with Crippen LogP contribution in [0.25, 0.3) is 11.4 Å². The van der Waals surface area contributed by atoms with Gasteiger partial charge in [0.1, 0.15) is 11.6 Å². The fourth-order valence-corrected chi connectivity index (χ4v) is 1.74. The molecule has 0 bridgehead atoms. The maximum atomic E-state index is 12.0. The Balaban J connectivity index is 2.32. The number of nitrogens with zero attached hydrogens (tertiary/aromatic N) is 2. The molecule has 100 valence electrons. The highest BCUT2D eigenvalue weighted by Gasteiger charge is 2.09. The molecule has 0 atom stereocenters. The van der Waals surface area contributed by atoms with Crippen molar-refractivity contribution < 1.29 is 13.5 Å². The summed E-state index contributed by atoms with van der Waals surface area (Å²) >= 11 is 2.07. The van der Waals surface area contributed by atoms with Gasteiger partial charge in [-0.3, -0.25) is 0 Å². The highest BCUT2D eigenvalue weighted by molar-refractivity contribution is 14.1. The smallest absolute Gasteiger partial charge is 0.387 e. The molecular formula is C12H10F2IN3O. The zero-order chi connectivity index (χ0) is 14.0. The van der Waals surface area contributed by atoms with Crippen LogP contribution in [-0.2, 0) is 0 Å². The number of rotatable bonds is 3. The van der Waals surface area contributed by atoms with Crippen molar-refractivity contribution in [3.8, 4) is 17.1 Å². The van der Waals surface area contributed by atoms with E-state index in [4.69, 9.17) is 5.73 Å². The minimum Gasteiger partial charge on any atom is -0.435 e. The molecule has 2 rings (SSSR count). The first-order valence-corrected chi connectivity index (χ1v) is 6.40. The standard InChI is InChI=1S/C12H10F2IN3O/c1-6-9(15)10(16)18-11(17-6)7-2-4-8(5-3-7)19-12(13)14/h2-5,12H,1H3,(H2,16,17,18). The Labute approximate surface area is 122 Å². The van der Waals surface area contributed by atoms with Gasteiger partial charge in [0, 0.05) is 5.56 Å². The van der Waals surface area contributed by atoms with Crippen molar-refractivity contribution in [3.05, 3.63) is 33.5 Å². The molecular weight excluding hydrogens is 367 g/mol. The van der Waals surface area contributed by atoms with E-state index in [2.05, 4.69) is 37.3 Å². The SMILES string of the molecule is Cc1nc(-c2ccc(OC(F)F)cc2)nc(N)c1I. The Morgan fingerprint density at radius 3 is 2.37 bits per heavy atom. The van der Waals surface area contributed by atoms with Crippen LogP contribution in [0.3, 0.4) is 0 Å². The lowest BCUT2D eigenvalue weighted by Crippen LogP contribution is -2.03. The van der Waals surface area contributed by atoms with Gasteiger partial charge in [-0.1, -0.05) is 0 Å². The molecule has 0 unspecified atom stereocenters. The second-order valence-electron chi connectivity index (χ2n) is 3.73. The number of hydrogen-bond acceptors (Lipinski definition) is 4. The summed E-state index contributed by atoms with van der Waals surface area (Å²) in [6.45, 7) is -1.00. The Kier molecular flexibility index (Phi) is 4.13. The lowest BCUT2D eigenvalue weighted by molar-refractivity contribution is -0.0498. The summed E-state index contributed by atoms with van der Waals surface area (Å²) in [5.41, 5.74) is 7.23. The van der Waals surface area contributed by atoms with Crippen molar-refractivity contribution in [2.45, 2.75) is 13.5 Å². The molecule has 0 aliphatic carbocycles. The topological polar surface area (TPSA) is 61.0 Å². The van der Waals surface area contributed by atoms with E-state index in [1.165, 1.54) is 12.1 Å². The van der Waals surface area contributed by atoms with Gasteiger partial charge in [-0.15, -0.1) is 0 Å². The number of nitrogens with two attached hydrogens (primary N) is 1. The molecule has 0 radical (unpaired) electrons. The van der Waals surface area contributed by atoms with Crippen molar-refractivity contribution in [3.63, 3.8) is 0 Å². The fourth-order valence-electron chi connectivity index (χ4n) is 1.50. The van der Waals surface area contributed by atoms with Gasteiger partial charge in [-0.25, -0.2) is 9.97 Å². The number of nitrogen functional groups attached to an aromatic ring is 1. The molecule has 2 aromatic rings. The molecule has 2 N–H and O–H groups in total. The summed E-state index contributed by atoms with van der Waals surface area (Å²) in [6, 6.07) is 6.10. The van der Waals surface area contributed by atoms with Crippen LogP contribution in [0.1, 0.15) is 5.69 Å². The van der Waals surface area contributed by atoms with Crippen LogP contribution in [-0.4, -0.2) is 16.6 Å². The average Bonchev–Trinajstić information content (AvgIpc) is 2.35. The average molecular weight is 377 g/mol. The second-order valence-corrected chi connectivity index (χ2v) is 4.81. The first-order valence-electron chi connectivity index (χ1n) is 5.32. The van der Waals surface area contributed by atoms with Gasteiger partial charge in [0.05, 0.1) is 9.26 Å². The van der Waals surface area contributed by atoms with E-state index in [1.807, 2.05) is 6.92 Å². The molecule has 0 amide bonds. The maximum Gasteiger partial charge on any atom is 0.387 e. The predicted octanol–water partition coefficient (Wildman–Crippen LogP) is 3.24. The molecule has 1 aromatic carbocycles. The van der Waals surface area contributed by atoms with Gasteiger partial charge >= 0.3 is 6.61 Å². The summed E-state index contributed by atoms with van der Waals surface area (Å²) in [4.78, 5) is 8.47. The summed E-state index contributed by atoms with van der Waals surface area (Å²) in [5, 5.41) is 0. The molecule has 19 heavy (non-hydrogen) atoms. The third kappa shape index (κ3) is 3.28. The molecule has 0 aliphatic rings. The molecule has 1 aromatic heterocycles. The number of hydrogen-bond donors (Lipinski definition) is 1. The number of ether oxygens (including phenoxy) is 1. The first-order chi connectivity index (χ1) is 8.97. The summed E-state index contributed by atoms with van der Waals surface area (Å²) in [6.07, 6.45) is 0. The third-order valence-electron chi connectivity index (χ3n) is 2.38. The van der Waals surface area contributed by atoms with Crippen molar-refractivity contribution in [2.24, 2.45) is 0 Å². The summed E-state index contributed by atoms with van der Waals surface area (Å²) < 4.78 is 29.1. The van der Waals surface area contributed by atoms with Crippen LogP contribution in [0.4, 0.5) is 14.6 Å². The normalized spacial score (nSPS) is 10.8. The molecule has 4 nitrogen and oxygen atoms in total. The Bertz CT molecular complexity index is 567. The zero-order valence-corrected chi connectivity index (χ0v) is 12.1. The van der Waals surface area contributed by atoms with Crippen molar-refractivity contribution in [2.75, 3.05) is 5.73 Å².